The van der Waals surface area contributed by atoms with Crippen LogP contribution in [0, 0.1) is 12.7 Å². The van der Waals surface area contributed by atoms with Crippen molar-refractivity contribution >= 4 is 11.6 Å². The molecule has 0 aliphatic heterocycles. The van der Waals surface area contributed by atoms with E-state index in [1.807, 2.05) is 19.1 Å². The van der Waals surface area contributed by atoms with Gasteiger partial charge in [0.1, 0.15) is 17.3 Å². The second-order valence-corrected chi connectivity index (χ2v) is 3.90. The number of aryl methyl sites for hydroxylation is 1. The zero-order valence-electron chi connectivity index (χ0n) is 8.71. The lowest BCUT2D eigenvalue weighted by Crippen LogP contribution is -1.86. The molecule has 16 heavy (non-hydrogen) atoms. The molecule has 2 aromatic rings. The van der Waals surface area contributed by atoms with E-state index in [1.165, 1.54) is 12.1 Å². The minimum absolute atomic E-state index is 0.289. The van der Waals surface area contributed by atoms with E-state index in [-0.39, 0.29) is 5.82 Å². The van der Waals surface area contributed by atoms with Crippen molar-refractivity contribution in [3.63, 3.8) is 0 Å². The largest absolute Gasteiger partial charge is 0.456 e. The van der Waals surface area contributed by atoms with Gasteiger partial charge in [0, 0.05) is 0 Å². The summed E-state index contributed by atoms with van der Waals surface area (Å²) in [4.78, 5) is 0. The molecule has 0 heterocycles. The number of hydrogen-bond acceptors (Lipinski definition) is 1. The van der Waals surface area contributed by atoms with E-state index >= 15 is 0 Å². The Hall–Kier alpha value is -1.54. The monoisotopic (exact) mass is 236 g/mol. The number of hydrogen-bond donors (Lipinski definition) is 0. The molecule has 0 spiro atoms. The lowest BCUT2D eigenvalue weighted by Gasteiger charge is -2.07. The Morgan fingerprint density at radius 1 is 1.06 bits per heavy atom. The Balaban J connectivity index is 2.23. The third-order valence-electron chi connectivity index (χ3n) is 2.13. The second kappa shape index (κ2) is 4.54. The van der Waals surface area contributed by atoms with Crippen molar-refractivity contribution in [2.45, 2.75) is 6.92 Å². The Kier molecular flexibility index (Phi) is 3.11. The average Bonchev–Trinajstić information content (AvgIpc) is 2.25. The number of ether oxygens (including phenoxy) is 1. The minimum atomic E-state index is -0.289. The van der Waals surface area contributed by atoms with E-state index in [0.29, 0.717) is 16.5 Å². The van der Waals surface area contributed by atoms with Crippen LogP contribution in [0.4, 0.5) is 4.39 Å². The molecule has 2 rings (SSSR count). The van der Waals surface area contributed by atoms with Crippen molar-refractivity contribution in [1.29, 1.82) is 0 Å². The standard InChI is InChI=1S/C13H10ClFO/c1-9-2-7-13(12(14)8-9)16-11-5-3-10(15)4-6-11/h2-8H,1H3. The molecule has 0 radical (unpaired) electrons. The van der Waals surface area contributed by atoms with E-state index in [9.17, 15) is 4.39 Å². The molecule has 3 heteroatoms. The molecule has 1 nitrogen and oxygen atoms in total. The maximum atomic E-state index is 12.7. The summed E-state index contributed by atoms with van der Waals surface area (Å²) < 4.78 is 18.2. The zero-order chi connectivity index (χ0) is 11.5. The van der Waals surface area contributed by atoms with Gasteiger partial charge in [-0.25, -0.2) is 4.39 Å². The molecule has 0 aromatic heterocycles. The molecule has 0 saturated carbocycles. The van der Waals surface area contributed by atoms with Gasteiger partial charge in [-0.2, -0.15) is 0 Å². The van der Waals surface area contributed by atoms with Crippen LogP contribution in [-0.4, -0.2) is 0 Å². The minimum Gasteiger partial charge on any atom is -0.456 e. The summed E-state index contributed by atoms with van der Waals surface area (Å²) in [5, 5.41) is 0.546. The van der Waals surface area contributed by atoms with Gasteiger partial charge in [0.15, 0.2) is 0 Å². The highest BCUT2D eigenvalue weighted by Crippen LogP contribution is 2.29. The third-order valence-corrected chi connectivity index (χ3v) is 2.42. The van der Waals surface area contributed by atoms with Gasteiger partial charge in [-0.05, 0) is 48.9 Å². The molecule has 0 aliphatic rings. The summed E-state index contributed by atoms with van der Waals surface area (Å²) in [6.45, 7) is 1.95. The van der Waals surface area contributed by atoms with Crippen LogP contribution in [0.1, 0.15) is 5.56 Å². The molecular weight excluding hydrogens is 227 g/mol. The third kappa shape index (κ3) is 2.52. The van der Waals surface area contributed by atoms with Gasteiger partial charge in [-0.1, -0.05) is 17.7 Å². The van der Waals surface area contributed by atoms with Crippen molar-refractivity contribution in [3.8, 4) is 11.5 Å². The summed E-state index contributed by atoms with van der Waals surface area (Å²) in [7, 11) is 0. The van der Waals surface area contributed by atoms with E-state index in [2.05, 4.69) is 0 Å². The summed E-state index contributed by atoms with van der Waals surface area (Å²) in [5.41, 5.74) is 1.07. The molecule has 0 N–H and O–H groups in total. The fraction of sp³-hybridized carbons (Fsp3) is 0.0769. The normalized spacial score (nSPS) is 10.2. The van der Waals surface area contributed by atoms with E-state index in [4.69, 9.17) is 16.3 Å². The van der Waals surface area contributed by atoms with Gasteiger partial charge < -0.3 is 4.74 Å². The predicted octanol–water partition coefficient (Wildman–Crippen LogP) is 4.58. The summed E-state index contributed by atoms with van der Waals surface area (Å²) in [6, 6.07) is 11.3. The first kappa shape index (κ1) is 11.0. The number of halogens is 2. The Morgan fingerprint density at radius 2 is 1.75 bits per heavy atom. The number of rotatable bonds is 2. The maximum absolute atomic E-state index is 12.7. The highest BCUT2D eigenvalue weighted by Gasteiger charge is 2.03. The second-order valence-electron chi connectivity index (χ2n) is 3.49. The van der Waals surface area contributed by atoms with Crippen molar-refractivity contribution in [2.24, 2.45) is 0 Å². The van der Waals surface area contributed by atoms with E-state index in [0.717, 1.165) is 5.56 Å². The van der Waals surface area contributed by atoms with Gasteiger partial charge in [-0.15, -0.1) is 0 Å². The van der Waals surface area contributed by atoms with E-state index in [1.54, 1.807) is 18.2 Å². The predicted molar refractivity (Wildman–Crippen MR) is 62.7 cm³/mol. The van der Waals surface area contributed by atoms with Crippen LogP contribution >= 0.6 is 11.6 Å². The van der Waals surface area contributed by atoms with Crippen molar-refractivity contribution in [1.82, 2.24) is 0 Å². The fourth-order valence-electron chi connectivity index (χ4n) is 1.32. The highest BCUT2D eigenvalue weighted by atomic mass is 35.5. The lowest BCUT2D eigenvalue weighted by molar-refractivity contribution is 0.480. The van der Waals surface area contributed by atoms with Gasteiger partial charge in [0.2, 0.25) is 0 Å². The molecule has 0 saturated heterocycles. The van der Waals surface area contributed by atoms with Crippen molar-refractivity contribution in [2.75, 3.05) is 0 Å². The van der Waals surface area contributed by atoms with Gasteiger partial charge in [0.25, 0.3) is 0 Å². The van der Waals surface area contributed by atoms with Crippen LogP contribution in [0.15, 0.2) is 42.5 Å². The Bertz CT molecular complexity index is 494. The van der Waals surface area contributed by atoms with Crippen LogP contribution in [-0.2, 0) is 0 Å². The number of benzene rings is 2. The molecule has 0 aliphatic carbocycles. The molecule has 0 bridgehead atoms. The first-order valence-electron chi connectivity index (χ1n) is 4.85. The molecule has 0 amide bonds. The van der Waals surface area contributed by atoms with Crippen LogP contribution in [0.25, 0.3) is 0 Å². The van der Waals surface area contributed by atoms with Crippen molar-refractivity contribution in [3.05, 3.63) is 58.9 Å². The quantitative estimate of drug-likeness (QED) is 0.742. The maximum Gasteiger partial charge on any atom is 0.146 e. The Labute approximate surface area is 98.4 Å². The van der Waals surface area contributed by atoms with Gasteiger partial charge in [0.05, 0.1) is 5.02 Å². The van der Waals surface area contributed by atoms with Crippen LogP contribution in [0.2, 0.25) is 5.02 Å². The average molecular weight is 237 g/mol. The fourth-order valence-corrected chi connectivity index (χ4v) is 1.59. The zero-order valence-corrected chi connectivity index (χ0v) is 9.46. The lowest BCUT2D eigenvalue weighted by atomic mass is 10.2. The molecule has 0 unspecified atom stereocenters. The van der Waals surface area contributed by atoms with Gasteiger partial charge in [-0.3, -0.25) is 0 Å². The first-order valence-corrected chi connectivity index (χ1v) is 5.22. The summed E-state index contributed by atoms with van der Waals surface area (Å²) >= 11 is 6.01. The first-order chi connectivity index (χ1) is 7.65. The molecular formula is C13H10ClFO. The summed E-state index contributed by atoms with van der Waals surface area (Å²) in [5.74, 6) is 0.841. The molecule has 0 atom stereocenters. The van der Waals surface area contributed by atoms with Crippen LogP contribution in [0.5, 0.6) is 11.5 Å². The summed E-state index contributed by atoms with van der Waals surface area (Å²) in [6.07, 6.45) is 0. The van der Waals surface area contributed by atoms with Crippen LogP contribution in [0.3, 0.4) is 0 Å². The topological polar surface area (TPSA) is 9.23 Å². The van der Waals surface area contributed by atoms with Crippen molar-refractivity contribution < 1.29 is 9.13 Å². The molecule has 82 valence electrons. The Morgan fingerprint density at radius 3 is 2.38 bits per heavy atom. The van der Waals surface area contributed by atoms with Crippen LogP contribution < -0.4 is 4.74 Å². The smallest absolute Gasteiger partial charge is 0.146 e. The van der Waals surface area contributed by atoms with E-state index < -0.39 is 0 Å². The SMILES string of the molecule is Cc1ccc(Oc2ccc(F)cc2)c(Cl)c1. The van der Waals surface area contributed by atoms with Gasteiger partial charge >= 0.3 is 0 Å². The molecule has 0 fully saturated rings. The molecule has 2 aromatic carbocycles. The highest BCUT2D eigenvalue weighted by molar-refractivity contribution is 6.32.